The van der Waals surface area contributed by atoms with Gasteiger partial charge in [-0.15, -0.1) is 0 Å². The number of ketones is 1. The molecule has 1 N–H and O–H groups in total. The average molecular weight is 254 g/mol. The number of nitrogens with one attached hydrogen (secondary N) is 1. The van der Waals surface area contributed by atoms with Gasteiger partial charge in [0.25, 0.3) is 5.91 Å². The number of carbonyl (C=O) groups excluding carboxylic acids is 2. The number of amides is 1. The number of carbonyl (C=O) groups is 2. The van der Waals surface area contributed by atoms with Crippen LogP contribution in [-0.2, 0) is 16.1 Å². The first-order valence-corrected chi connectivity index (χ1v) is 5.96. The zero-order valence-corrected chi connectivity index (χ0v) is 10.6. The average Bonchev–Trinajstić information content (AvgIpc) is 2.46. The number of nitrogens with zero attached hydrogens (tertiary/aromatic N) is 1. The van der Waals surface area contributed by atoms with Crippen LogP contribution in [0.4, 0.5) is 0 Å². The van der Waals surface area contributed by atoms with Crippen molar-refractivity contribution in [2.75, 3.05) is 0 Å². The Morgan fingerprint density at radius 3 is 2.42 bits per heavy atom. The minimum atomic E-state index is -0.561. The maximum absolute atomic E-state index is 11.1. The Labute approximate surface area is 111 Å². The summed E-state index contributed by atoms with van der Waals surface area (Å²) in [7, 11) is 0. The number of pyridine rings is 1. The van der Waals surface area contributed by atoms with Crippen LogP contribution in [0, 0.1) is 0 Å². The van der Waals surface area contributed by atoms with Crippen LogP contribution in [-0.4, -0.2) is 16.7 Å². The van der Waals surface area contributed by atoms with Crippen LogP contribution in [0.25, 0.3) is 11.3 Å². The third-order valence-electron chi connectivity index (χ3n) is 2.69. The van der Waals surface area contributed by atoms with Crippen LogP contribution in [0.15, 0.2) is 48.7 Å². The van der Waals surface area contributed by atoms with E-state index in [-0.39, 0.29) is 0 Å². The molecule has 0 saturated carbocycles. The number of hydrogen-bond acceptors (Lipinski definition) is 3. The summed E-state index contributed by atoms with van der Waals surface area (Å²) in [5, 5.41) is 2.55. The zero-order valence-electron chi connectivity index (χ0n) is 10.6. The van der Waals surface area contributed by atoms with Crippen LogP contribution in [0.2, 0.25) is 0 Å². The van der Waals surface area contributed by atoms with Gasteiger partial charge in [-0.05, 0) is 17.7 Å². The van der Waals surface area contributed by atoms with Gasteiger partial charge in [-0.25, -0.2) is 0 Å². The molecule has 0 radical (unpaired) electrons. The molecule has 0 aliphatic rings. The van der Waals surface area contributed by atoms with Crippen molar-refractivity contribution in [1.82, 2.24) is 10.3 Å². The molecule has 96 valence electrons. The van der Waals surface area contributed by atoms with Crippen molar-refractivity contribution >= 4 is 11.7 Å². The van der Waals surface area contributed by atoms with Crippen LogP contribution >= 0.6 is 0 Å². The lowest BCUT2D eigenvalue weighted by molar-refractivity contribution is -0.136. The van der Waals surface area contributed by atoms with E-state index >= 15 is 0 Å². The van der Waals surface area contributed by atoms with Crippen molar-refractivity contribution in [2.45, 2.75) is 13.5 Å². The van der Waals surface area contributed by atoms with Crippen molar-refractivity contribution in [3.05, 3.63) is 54.2 Å². The van der Waals surface area contributed by atoms with Crippen LogP contribution in [0.3, 0.4) is 0 Å². The van der Waals surface area contributed by atoms with E-state index in [0.717, 1.165) is 16.8 Å². The van der Waals surface area contributed by atoms with E-state index < -0.39 is 11.7 Å². The largest absolute Gasteiger partial charge is 0.345 e. The Morgan fingerprint density at radius 2 is 1.84 bits per heavy atom. The molecular weight excluding hydrogens is 240 g/mol. The Bertz CT molecular complexity index is 577. The predicted octanol–water partition coefficient (Wildman–Crippen LogP) is 1.95. The van der Waals surface area contributed by atoms with Crippen molar-refractivity contribution in [1.29, 1.82) is 0 Å². The molecule has 19 heavy (non-hydrogen) atoms. The smallest absolute Gasteiger partial charge is 0.287 e. The monoisotopic (exact) mass is 254 g/mol. The minimum Gasteiger partial charge on any atom is -0.345 e. The van der Waals surface area contributed by atoms with Crippen molar-refractivity contribution in [3.63, 3.8) is 0 Å². The van der Waals surface area contributed by atoms with E-state index in [9.17, 15) is 9.59 Å². The molecule has 1 aromatic carbocycles. The van der Waals surface area contributed by atoms with E-state index in [2.05, 4.69) is 10.3 Å². The third-order valence-corrected chi connectivity index (χ3v) is 2.69. The van der Waals surface area contributed by atoms with Gasteiger partial charge < -0.3 is 5.32 Å². The molecule has 0 spiro atoms. The van der Waals surface area contributed by atoms with Crippen LogP contribution in [0.1, 0.15) is 12.5 Å². The first kappa shape index (κ1) is 13.0. The molecule has 2 aromatic rings. The van der Waals surface area contributed by atoms with Gasteiger partial charge in [0.15, 0.2) is 0 Å². The van der Waals surface area contributed by atoms with Gasteiger partial charge in [-0.3, -0.25) is 14.6 Å². The third kappa shape index (κ3) is 3.48. The molecule has 0 atom stereocenters. The Hall–Kier alpha value is -2.49. The summed E-state index contributed by atoms with van der Waals surface area (Å²) in [6.07, 6.45) is 1.75. The maximum Gasteiger partial charge on any atom is 0.287 e. The summed E-state index contributed by atoms with van der Waals surface area (Å²) in [6, 6.07) is 13.4. The summed E-state index contributed by atoms with van der Waals surface area (Å²) in [4.78, 5) is 26.2. The van der Waals surface area contributed by atoms with Gasteiger partial charge in [0.05, 0.1) is 5.69 Å². The number of Topliss-reactive ketones (excluding diaryl/α,β-unsaturated/α-hetero) is 1. The SMILES string of the molecule is CC(=O)C(=O)NCc1ccc(-c2ccccn2)cc1. The quantitative estimate of drug-likeness (QED) is 0.848. The second-order valence-electron chi connectivity index (χ2n) is 4.15. The fourth-order valence-corrected chi connectivity index (χ4v) is 1.63. The van der Waals surface area contributed by atoms with Gasteiger partial charge in [0, 0.05) is 25.2 Å². The fourth-order valence-electron chi connectivity index (χ4n) is 1.63. The molecule has 1 heterocycles. The summed E-state index contributed by atoms with van der Waals surface area (Å²) in [5.41, 5.74) is 2.86. The topological polar surface area (TPSA) is 59.1 Å². The van der Waals surface area contributed by atoms with E-state index in [1.165, 1.54) is 6.92 Å². The highest BCUT2D eigenvalue weighted by Gasteiger charge is 2.06. The molecule has 0 aliphatic carbocycles. The summed E-state index contributed by atoms with van der Waals surface area (Å²) in [6.45, 7) is 1.60. The minimum absolute atomic E-state index is 0.348. The maximum atomic E-state index is 11.1. The molecule has 1 amide bonds. The highest BCUT2D eigenvalue weighted by molar-refractivity contribution is 6.35. The molecule has 0 saturated heterocycles. The standard InChI is InChI=1S/C15H14N2O2/c1-11(18)15(19)17-10-12-5-7-13(8-6-12)14-4-2-3-9-16-14/h2-9H,10H2,1H3,(H,17,19). The Kier molecular flexibility index (Phi) is 4.03. The second kappa shape index (κ2) is 5.91. The number of hydrogen-bond donors (Lipinski definition) is 1. The molecule has 1 aromatic heterocycles. The summed E-state index contributed by atoms with van der Waals surface area (Å²) < 4.78 is 0. The number of rotatable bonds is 4. The molecule has 2 rings (SSSR count). The van der Waals surface area contributed by atoms with E-state index in [1.54, 1.807) is 6.20 Å². The van der Waals surface area contributed by atoms with Gasteiger partial charge in [0.1, 0.15) is 0 Å². The molecule has 4 heteroatoms. The van der Waals surface area contributed by atoms with Gasteiger partial charge >= 0.3 is 0 Å². The Morgan fingerprint density at radius 1 is 1.11 bits per heavy atom. The highest BCUT2D eigenvalue weighted by Crippen LogP contribution is 2.16. The van der Waals surface area contributed by atoms with E-state index in [1.807, 2.05) is 42.5 Å². The molecule has 0 fully saturated rings. The molecule has 0 unspecified atom stereocenters. The predicted molar refractivity (Wildman–Crippen MR) is 72.2 cm³/mol. The van der Waals surface area contributed by atoms with Crippen molar-refractivity contribution < 1.29 is 9.59 Å². The summed E-state index contributed by atoms with van der Waals surface area (Å²) in [5.74, 6) is -1.04. The lowest BCUT2D eigenvalue weighted by Crippen LogP contribution is -2.28. The van der Waals surface area contributed by atoms with Gasteiger partial charge in [0.2, 0.25) is 5.78 Å². The van der Waals surface area contributed by atoms with Gasteiger partial charge in [-0.1, -0.05) is 30.3 Å². The number of aromatic nitrogens is 1. The summed E-state index contributed by atoms with van der Waals surface area (Å²) >= 11 is 0. The lowest BCUT2D eigenvalue weighted by Gasteiger charge is -2.05. The molecular formula is C15H14N2O2. The highest BCUT2D eigenvalue weighted by atomic mass is 16.2. The normalized spacial score (nSPS) is 9.95. The van der Waals surface area contributed by atoms with E-state index in [4.69, 9.17) is 0 Å². The fraction of sp³-hybridized carbons (Fsp3) is 0.133. The second-order valence-corrected chi connectivity index (χ2v) is 4.15. The van der Waals surface area contributed by atoms with Crippen molar-refractivity contribution in [3.8, 4) is 11.3 Å². The zero-order chi connectivity index (χ0) is 13.7. The van der Waals surface area contributed by atoms with Crippen molar-refractivity contribution in [2.24, 2.45) is 0 Å². The van der Waals surface area contributed by atoms with Gasteiger partial charge in [-0.2, -0.15) is 0 Å². The van der Waals surface area contributed by atoms with Crippen LogP contribution < -0.4 is 5.32 Å². The van der Waals surface area contributed by atoms with Crippen LogP contribution in [0.5, 0.6) is 0 Å². The lowest BCUT2D eigenvalue weighted by atomic mass is 10.1. The molecule has 0 aliphatic heterocycles. The first-order valence-electron chi connectivity index (χ1n) is 5.96. The molecule has 0 bridgehead atoms. The number of benzene rings is 1. The van der Waals surface area contributed by atoms with E-state index in [0.29, 0.717) is 6.54 Å². The first-order chi connectivity index (χ1) is 9.16. The molecule has 4 nitrogen and oxygen atoms in total. The Balaban J connectivity index is 2.03.